The highest BCUT2D eigenvalue weighted by atomic mass is 79.9. The summed E-state index contributed by atoms with van der Waals surface area (Å²) in [5, 5.41) is 2.79. The number of hydrogen-bond donors (Lipinski definition) is 1. The molecule has 2 aromatic carbocycles. The molecule has 2 fully saturated rings. The first-order valence-electron chi connectivity index (χ1n) is 12.7. The topological polar surface area (TPSA) is 93.4 Å². The van der Waals surface area contributed by atoms with Gasteiger partial charge in [-0.25, -0.2) is 4.68 Å². The van der Waals surface area contributed by atoms with Gasteiger partial charge in [0.25, 0.3) is 5.56 Å². The summed E-state index contributed by atoms with van der Waals surface area (Å²) < 4.78 is 3.97. The molecule has 2 bridgehead atoms. The van der Waals surface area contributed by atoms with Crippen molar-refractivity contribution < 1.29 is 14.4 Å². The molecule has 2 aliphatic carbocycles. The molecule has 5 unspecified atom stereocenters. The average molecular weight is 575 g/mol. The number of para-hydroxylation sites is 1. The summed E-state index contributed by atoms with van der Waals surface area (Å²) in [7, 11) is 1.76. The van der Waals surface area contributed by atoms with Crippen LogP contribution in [0.1, 0.15) is 30.1 Å². The largest absolute Gasteiger partial charge is 0.320 e. The summed E-state index contributed by atoms with van der Waals surface area (Å²) in [6.45, 7) is 1.76. The van der Waals surface area contributed by atoms with Crippen molar-refractivity contribution in [2.24, 2.45) is 30.7 Å². The Morgan fingerprint density at radius 2 is 1.66 bits per heavy atom. The lowest BCUT2D eigenvalue weighted by molar-refractivity contribution is -0.144. The van der Waals surface area contributed by atoms with Crippen LogP contribution >= 0.6 is 15.9 Å². The molecule has 3 amide bonds. The summed E-state index contributed by atoms with van der Waals surface area (Å²) >= 11 is 3.47. The predicted molar refractivity (Wildman–Crippen MR) is 145 cm³/mol. The number of fused-ring (bicyclic) bond motifs is 5. The smallest absolute Gasteiger partial charge is 0.295 e. The number of likely N-dealkylation sites (tertiary alicyclic amines) is 1. The first-order chi connectivity index (χ1) is 18.3. The molecule has 1 saturated heterocycles. The number of allylic oxidation sites excluding steroid dienone is 2. The molecular formula is C29H27BrN4O4. The predicted octanol–water partition coefficient (Wildman–Crippen LogP) is 4.12. The van der Waals surface area contributed by atoms with Crippen LogP contribution in [0.3, 0.4) is 0 Å². The molecule has 1 aliphatic heterocycles. The van der Waals surface area contributed by atoms with Crippen LogP contribution in [-0.2, 0) is 21.4 Å². The van der Waals surface area contributed by atoms with Gasteiger partial charge in [0.05, 0.1) is 35.7 Å². The molecule has 3 aliphatic rings. The second kappa shape index (κ2) is 9.23. The zero-order chi connectivity index (χ0) is 26.7. The van der Waals surface area contributed by atoms with E-state index in [1.807, 2.05) is 54.6 Å². The van der Waals surface area contributed by atoms with Crippen LogP contribution in [0.4, 0.5) is 5.69 Å². The summed E-state index contributed by atoms with van der Waals surface area (Å²) in [6, 6.07) is 15.7. The Morgan fingerprint density at radius 1 is 1.00 bits per heavy atom. The SMILES string of the molecule is Cc1c(NC(=O)CC(c2cccc(Br)c2)N2C(=O)C3C4C=CC(C4)C3C2=O)c(=O)n(-c2ccccc2)n1C. The van der Waals surface area contributed by atoms with Crippen LogP contribution in [-0.4, -0.2) is 32.0 Å². The monoisotopic (exact) mass is 574 g/mol. The molecule has 6 rings (SSSR count). The van der Waals surface area contributed by atoms with Crippen LogP contribution in [0.15, 0.2) is 76.0 Å². The van der Waals surface area contributed by atoms with E-state index in [1.54, 1.807) is 18.7 Å². The molecule has 38 heavy (non-hydrogen) atoms. The van der Waals surface area contributed by atoms with Gasteiger partial charge in [-0.3, -0.25) is 28.8 Å². The molecule has 194 valence electrons. The maximum atomic E-state index is 13.6. The highest BCUT2D eigenvalue weighted by molar-refractivity contribution is 9.10. The van der Waals surface area contributed by atoms with Crippen molar-refractivity contribution in [2.75, 3.05) is 5.32 Å². The third-order valence-electron chi connectivity index (χ3n) is 8.25. The van der Waals surface area contributed by atoms with Gasteiger partial charge in [-0.05, 0) is 55.0 Å². The van der Waals surface area contributed by atoms with E-state index in [0.29, 0.717) is 16.9 Å². The highest BCUT2D eigenvalue weighted by Gasteiger charge is 2.60. The first-order valence-corrected chi connectivity index (χ1v) is 13.5. The number of aromatic nitrogens is 2. The molecule has 5 atom stereocenters. The van der Waals surface area contributed by atoms with Gasteiger partial charge in [-0.1, -0.05) is 58.4 Å². The Bertz CT molecular complexity index is 1530. The second-order valence-corrected chi connectivity index (χ2v) is 11.2. The van der Waals surface area contributed by atoms with E-state index in [-0.39, 0.29) is 53.2 Å². The maximum absolute atomic E-state index is 13.6. The van der Waals surface area contributed by atoms with E-state index < -0.39 is 11.9 Å². The molecule has 8 nitrogen and oxygen atoms in total. The van der Waals surface area contributed by atoms with Crippen LogP contribution in [0.2, 0.25) is 0 Å². The summed E-state index contributed by atoms with van der Waals surface area (Å²) in [6.07, 6.45) is 4.79. The van der Waals surface area contributed by atoms with Gasteiger partial charge in [0, 0.05) is 11.5 Å². The van der Waals surface area contributed by atoms with Gasteiger partial charge in [0.1, 0.15) is 5.69 Å². The summed E-state index contributed by atoms with van der Waals surface area (Å²) in [4.78, 5) is 55.3. The quantitative estimate of drug-likeness (QED) is 0.354. The zero-order valence-electron chi connectivity index (χ0n) is 21.0. The number of imide groups is 1. The van der Waals surface area contributed by atoms with Crippen molar-refractivity contribution in [3.63, 3.8) is 0 Å². The van der Waals surface area contributed by atoms with E-state index in [0.717, 1.165) is 10.9 Å². The normalized spacial score (nSPS) is 24.2. The Balaban J connectivity index is 1.32. The van der Waals surface area contributed by atoms with Gasteiger partial charge in [0.2, 0.25) is 17.7 Å². The number of nitrogens with zero attached hydrogens (tertiary/aromatic N) is 3. The van der Waals surface area contributed by atoms with Crippen molar-refractivity contribution >= 4 is 39.3 Å². The fraction of sp³-hybridized carbons (Fsp3) is 0.310. The van der Waals surface area contributed by atoms with E-state index in [1.165, 1.54) is 9.58 Å². The van der Waals surface area contributed by atoms with Crippen molar-refractivity contribution in [3.05, 3.63) is 92.8 Å². The number of benzene rings is 2. The average Bonchev–Trinajstić information content (AvgIpc) is 3.63. The lowest BCUT2D eigenvalue weighted by Gasteiger charge is -2.28. The fourth-order valence-electron chi connectivity index (χ4n) is 6.38. The standard InChI is InChI=1S/C29H27BrN4O4/c1-16-26(29(38)34(32(16)2)21-9-4-3-5-10-21)31-23(35)15-22(17-7-6-8-20(30)14-17)33-27(36)24-18-11-12-19(13-18)25(24)28(33)37/h3-12,14,18-19,22,24-25H,13,15H2,1-2H3,(H,31,35). The molecule has 0 radical (unpaired) electrons. The Morgan fingerprint density at radius 3 is 2.29 bits per heavy atom. The van der Waals surface area contributed by atoms with Crippen LogP contribution in [0.25, 0.3) is 5.69 Å². The molecule has 2 heterocycles. The molecule has 1 aromatic heterocycles. The first kappa shape index (κ1) is 24.6. The Hall–Kier alpha value is -3.72. The van der Waals surface area contributed by atoms with Gasteiger partial charge >= 0.3 is 0 Å². The van der Waals surface area contributed by atoms with Crippen molar-refractivity contribution in [1.29, 1.82) is 0 Å². The van der Waals surface area contributed by atoms with Gasteiger partial charge in [0.15, 0.2) is 0 Å². The van der Waals surface area contributed by atoms with E-state index >= 15 is 0 Å². The number of anilines is 1. The van der Waals surface area contributed by atoms with E-state index in [4.69, 9.17) is 0 Å². The van der Waals surface area contributed by atoms with Crippen LogP contribution in [0, 0.1) is 30.6 Å². The minimum Gasteiger partial charge on any atom is -0.320 e. The van der Waals surface area contributed by atoms with Crippen LogP contribution in [0.5, 0.6) is 0 Å². The van der Waals surface area contributed by atoms with E-state index in [2.05, 4.69) is 33.4 Å². The highest BCUT2D eigenvalue weighted by Crippen LogP contribution is 2.54. The summed E-state index contributed by atoms with van der Waals surface area (Å²) in [5.74, 6) is -1.43. The van der Waals surface area contributed by atoms with Gasteiger partial charge < -0.3 is 5.32 Å². The third kappa shape index (κ3) is 3.79. The molecule has 0 spiro atoms. The lowest BCUT2D eigenvalue weighted by Crippen LogP contribution is -2.38. The zero-order valence-corrected chi connectivity index (χ0v) is 22.6. The number of rotatable bonds is 6. The number of carbonyl (C=O) groups excluding carboxylic acids is 3. The minimum atomic E-state index is -0.780. The van der Waals surface area contributed by atoms with Crippen molar-refractivity contribution in [2.45, 2.75) is 25.8 Å². The number of hydrogen-bond acceptors (Lipinski definition) is 4. The number of carbonyl (C=O) groups is 3. The Labute approximate surface area is 228 Å². The van der Waals surface area contributed by atoms with Crippen molar-refractivity contribution in [3.8, 4) is 5.69 Å². The second-order valence-electron chi connectivity index (χ2n) is 10.3. The number of halogens is 1. The van der Waals surface area contributed by atoms with Crippen molar-refractivity contribution in [1.82, 2.24) is 14.3 Å². The van der Waals surface area contributed by atoms with Crippen LogP contribution < -0.4 is 10.9 Å². The lowest BCUT2D eigenvalue weighted by atomic mass is 9.85. The molecule has 1 N–H and O–H groups in total. The van der Waals surface area contributed by atoms with Gasteiger partial charge in [-0.2, -0.15) is 0 Å². The maximum Gasteiger partial charge on any atom is 0.295 e. The number of nitrogens with one attached hydrogen (secondary N) is 1. The molecule has 9 heteroatoms. The van der Waals surface area contributed by atoms with E-state index in [9.17, 15) is 19.2 Å². The summed E-state index contributed by atoms with van der Waals surface area (Å²) in [5.41, 5.74) is 1.78. The fourth-order valence-corrected chi connectivity index (χ4v) is 6.80. The molecular weight excluding hydrogens is 548 g/mol. The van der Waals surface area contributed by atoms with Gasteiger partial charge in [-0.15, -0.1) is 0 Å². The third-order valence-corrected chi connectivity index (χ3v) is 8.74. The molecule has 3 aromatic rings. The Kier molecular flexibility index (Phi) is 5.98. The molecule has 1 saturated carbocycles. The number of amides is 3. The minimum absolute atomic E-state index is 0.0758.